The van der Waals surface area contributed by atoms with Gasteiger partial charge in [-0.2, -0.15) is 0 Å². The number of guanidine groups is 1. The molecule has 1 aromatic heterocycles. The third-order valence-electron chi connectivity index (χ3n) is 6.43. The lowest BCUT2D eigenvalue weighted by Gasteiger charge is -2.33. The van der Waals surface area contributed by atoms with E-state index in [9.17, 15) is 0 Å². The number of piperazine rings is 1. The van der Waals surface area contributed by atoms with Crippen molar-refractivity contribution in [2.75, 3.05) is 50.0 Å². The lowest BCUT2D eigenvalue weighted by Crippen LogP contribution is -2.44. The number of aliphatic imine (C=N–C) groups is 2. The minimum atomic E-state index is 0.241. The van der Waals surface area contributed by atoms with Crippen molar-refractivity contribution >= 4 is 23.8 Å². The van der Waals surface area contributed by atoms with Gasteiger partial charge < -0.3 is 20.0 Å². The molecule has 0 aromatic carbocycles. The summed E-state index contributed by atoms with van der Waals surface area (Å²) in [6.07, 6.45) is 9.17. The van der Waals surface area contributed by atoms with Gasteiger partial charge in [0.15, 0.2) is 0 Å². The molecule has 1 N–H and O–H groups in total. The Kier molecular flexibility index (Phi) is 6.33. The second kappa shape index (κ2) is 9.11. The van der Waals surface area contributed by atoms with E-state index in [1.807, 2.05) is 18.6 Å². The number of pyridine rings is 1. The number of hydrogen-bond donors (Lipinski definition) is 1. The summed E-state index contributed by atoms with van der Waals surface area (Å²) in [4.78, 5) is 21.4. The monoisotopic (exact) mass is 397 g/mol. The van der Waals surface area contributed by atoms with Gasteiger partial charge in [-0.3, -0.25) is 0 Å². The summed E-state index contributed by atoms with van der Waals surface area (Å²) >= 11 is 0. The van der Waals surface area contributed by atoms with Crippen LogP contribution in [0.3, 0.4) is 0 Å². The van der Waals surface area contributed by atoms with E-state index in [4.69, 9.17) is 4.99 Å². The van der Waals surface area contributed by atoms with E-state index in [-0.39, 0.29) is 6.04 Å². The number of anilines is 2. The van der Waals surface area contributed by atoms with Crippen LogP contribution in [-0.4, -0.2) is 78.9 Å². The molecular weight excluding hydrogens is 362 g/mol. The first-order valence-electron chi connectivity index (χ1n) is 11.1. The maximum atomic E-state index is 4.92. The molecule has 1 unspecified atom stereocenters. The molecule has 3 heterocycles. The zero-order chi connectivity index (χ0) is 20.2. The fourth-order valence-corrected chi connectivity index (χ4v) is 4.35. The average Bonchev–Trinajstić information content (AvgIpc) is 3.17. The van der Waals surface area contributed by atoms with Gasteiger partial charge in [0.25, 0.3) is 0 Å². The third-order valence-corrected chi connectivity index (χ3v) is 6.43. The van der Waals surface area contributed by atoms with Crippen molar-refractivity contribution in [1.29, 1.82) is 0 Å². The molecule has 1 aliphatic carbocycles. The third kappa shape index (κ3) is 5.07. The van der Waals surface area contributed by atoms with E-state index in [0.717, 1.165) is 38.5 Å². The van der Waals surface area contributed by atoms with Gasteiger partial charge in [0, 0.05) is 38.8 Å². The predicted molar refractivity (Wildman–Crippen MR) is 121 cm³/mol. The van der Waals surface area contributed by atoms with Crippen LogP contribution < -0.4 is 10.2 Å². The van der Waals surface area contributed by atoms with Gasteiger partial charge in [-0.05, 0) is 37.9 Å². The van der Waals surface area contributed by atoms with Crippen molar-refractivity contribution in [1.82, 2.24) is 14.8 Å². The Morgan fingerprint density at radius 3 is 2.48 bits per heavy atom. The van der Waals surface area contributed by atoms with E-state index in [1.165, 1.54) is 31.4 Å². The minimum Gasteiger partial charge on any atom is -0.368 e. The van der Waals surface area contributed by atoms with E-state index in [1.54, 1.807) is 0 Å². The van der Waals surface area contributed by atoms with E-state index in [0.29, 0.717) is 17.9 Å². The Morgan fingerprint density at radius 1 is 1.07 bits per heavy atom. The highest BCUT2D eigenvalue weighted by Crippen LogP contribution is 2.25. The molecule has 0 bridgehead atoms. The van der Waals surface area contributed by atoms with Crippen LogP contribution in [-0.2, 0) is 0 Å². The van der Waals surface area contributed by atoms with Gasteiger partial charge in [-0.25, -0.2) is 15.0 Å². The van der Waals surface area contributed by atoms with Gasteiger partial charge >= 0.3 is 0 Å². The molecule has 4 rings (SSSR count). The summed E-state index contributed by atoms with van der Waals surface area (Å²) in [7, 11) is 2.18. The van der Waals surface area contributed by atoms with Gasteiger partial charge in [0.05, 0.1) is 24.3 Å². The van der Waals surface area contributed by atoms with Crippen LogP contribution in [0.15, 0.2) is 28.3 Å². The molecule has 0 radical (unpaired) electrons. The molecule has 7 nitrogen and oxygen atoms in total. The highest BCUT2D eigenvalue weighted by Gasteiger charge is 2.26. The molecule has 1 atom stereocenters. The average molecular weight is 398 g/mol. The van der Waals surface area contributed by atoms with Crippen LogP contribution in [0, 0.1) is 5.92 Å². The summed E-state index contributed by atoms with van der Waals surface area (Å²) in [5.74, 6) is 1.95. The number of nitrogens with zero attached hydrogens (tertiary/aromatic N) is 6. The second-order valence-corrected chi connectivity index (χ2v) is 8.96. The molecular formula is C22H35N7. The lowest BCUT2D eigenvalue weighted by atomic mass is 10.0. The Hall–Kier alpha value is -2.15. The van der Waals surface area contributed by atoms with Gasteiger partial charge in [0.1, 0.15) is 5.82 Å². The van der Waals surface area contributed by atoms with Crippen molar-refractivity contribution < 1.29 is 0 Å². The summed E-state index contributed by atoms with van der Waals surface area (Å²) in [6, 6.07) is 5.04. The van der Waals surface area contributed by atoms with E-state index >= 15 is 0 Å². The van der Waals surface area contributed by atoms with E-state index < -0.39 is 0 Å². The number of likely N-dealkylation sites (N-methyl/N-ethyl adjacent to an activating group) is 1. The fraction of sp³-hybridized carbons (Fsp3) is 0.682. The molecule has 7 heteroatoms. The Labute approximate surface area is 174 Å². The summed E-state index contributed by atoms with van der Waals surface area (Å²) < 4.78 is 0. The SMILES string of the molecule is CC(C)C1CN(C2CCCC2)C=NC(Nc2ccc(N3CCN(C)CC3)cn2)=N1. The van der Waals surface area contributed by atoms with Crippen LogP contribution >= 0.6 is 0 Å². The van der Waals surface area contributed by atoms with Crippen molar-refractivity contribution in [3.8, 4) is 0 Å². The maximum Gasteiger partial charge on any atom is 0.225 e. The second-order valence-electron chi connectivity index (χ2n) is 8.96. The molecule has 3 aliphatic rings. The molecule has 0 spiro atoms. The number of rotatable bonds is 4. The van der Waals surface area contributed by atoms with Crippen molar-refractivity contribution in [3.63, 3.8) is 0 Å². The smallest absolute Gasteiger partial charge is 0.225 e. The fourth-order valence-electron chi connectivity index (χ4n) is 4.35. The van der Waals surface area contributed by atoms with Crippen LogP contribution in [0.1, 0.15) is 39.5 Å². The number of hydrogen-bond acceptors (Lipinski definition) is 7. The topological polar surface area (TPSA) is 59.4 Å². The van der Waals surface area contributed by atoms with E-state index in [2.05, 4.69) is 57.0 Å². The molecule has 2 aliphatic heterocycles. The van der Waals surface area contributed by atoms with Gasteiger partial charge in [0.2, 0.25) is 5.96 Å². The molecule has 2 fully saturated rings. The zero-order valence-electron chi connectivity index (χ0n) is 18.1. The van der Waals surface area contributed by atoms with Gasteiger partial charge in [-0.1, -0.05) is 26.7 Å². The Balaban J connectivity index is 1.43. The van der Waals surface area contributed by atoms with Crippen LogP contribution in [0.2, 0.25) is 0 Å². The first-order chi connectivity index (χ1) is 14.1. The highest BCUT2D eigenvalue weighted by atomic mass is 15.3. The van der Waals surface area contributed by atoms with Crippen molar-refractivity contribution in [2.45, 2.75) is 51.6 Å². The zero-order valence-corrected chi connectivity index (χ0v) is 18.1. The first kappa shape index (κ1) is 20.1. The normalized spacial score (nSPS) is 24.1. The molecule has 1 saturated carbocycles. The largest absolute Gasteiger partial charge is 0.368 e. The highest BCUT2D eigenvalue weighted by molar-refractivity contribution is 5.98. The predicted octanol–water partition coefficient (Wildman–Crippen LogP) is 2.91. The molecule has 29 heavy (non-hydrogen) atoms. The standard InChI is InChI=1S/C22H35N7/c1-17(2)20-15-29(18-6-4-5-7-18)16-24-22(25-20)26-21-9-8-19(14-23-21)28-12-10-27(3)11-13-28/h8-9,14,16-18,20H,4-7,10-13,15H2,1-3H3,(H,23,25,26). The lowest BCUT2D eigenvalue weighted by molar-refractivity contribution is 0.284. The molecule has 1 aromatic rings. The summed E-state index contributed by atoms with van der Waals surface area (Å²) in [5.41, 5.74) is 1.18. The minimum absolute atomic E-state index is 0.241. The van der Waals surface area contributed by atoms with Gasteiger partial charge in [-0.15, -0.1) is 0 Å². The van der Waals surface area contributed by atoms with Crippen LogP contribution in [0.25, 0.3) is 0 Å². The maximum absolute atomic E-state index is 4.92. The summed E-state index contributed by atoms with van der Waals surface area (Å²) in [5, 5.41) is 3.34. The quantitative estimate of drug-likeness (QED) is 0.847. The molecule has 0 amide bonds. The van der Waals surface area contributed by atoms with Crippen molar-refractivity contribution in [3.05, 3.63) is 18.3 Å². The van der Waals surface area contributed by atoms with Crippen molar-refractivity contribution in [2.24, 2.45) is 15.9 Å². The van der Waals surface area contributed by atoms with Crippen LogP contribution in [0.5, 0.6) is 0 Å². The number of aromatic nitrogens is 1. The summed E-state index contributed by atoms with van der Waals surface area (Å²) in [6.45, 7) is 9.73. The Bertz CT molecular complexity index is 713. The molecule has 158 valence electrons. The Morgan fingerprint density at radius 2 is 1.83 bits per heavy atom. The number of nitrogens with one attached hydrogen (secondary N) is 1. The van der Waals surface area contributed by atoms with Crippen LogP contribution in [0.4, 0.5) is 11.5 Å². The first-order valence-corrected chi connectivity index (χ1v) is 11.1. The molecule has 1 saturated heterocycles.